The Kier molecular flexibility index (Phi) is 4.86. The van der Waals surface area contributed by atoms with Crippen LogP contribution >= 0.6 is 23.1 Å². The normalized spacial score (nSPS) is 11.9. The SMILES string of the molecule is CC(=O)c1ccc(NC(=O)C(C)Sc2nncs2)cc1. The number of thioether (sulfide) groups is 1. The van der Waals surface area contributed by atoms with Gasteiger partial charge in [0.1, 0.15) is 5.51 Å². The van der Waals surface area contributed by atoms with Crippen LogP contribution in [0.5, 0.6) is 0 Å². The summed E-state index contributed by atoms with van der Waals surface area (Å²) in [5, 5.41) is 10.2. The Morgan fingerprint density at radius 3 is 2.55 bits per heavy atom. The van der Waals surface area contributed by atoms with Crippen LogP contribution in [0, 0.1) is 0 Å². The van der Waals surface area contributed by atoms with Crippen molar-refractivity contribution in [1.29, 1.82) is 0 Å². The maximum Gasteiger partial charge on any atom is 0.237 e. The summed E-state index contributed by atoms with van der Waals surface area (Å²) in [6.45, 7) is 3.32. The van der Waals surface area contributed by atoms with E-state index >= 15 is 0 Å². The van der Waals surface area contributed by atoms with Gasteiger partial charge in [-0.2, -0.15) is 0 Å². The molecule has 0 bridgehead atoms. The van der Waals surface area contributed by atoms with Gasteiger partial charge in [-0.25, -0.2) is 0 Å². The van der Waals surface area contributed by atoms with Crippen molar-refractivity contribution < 1.29 is 9.59 Å². The van der Waals surface area contributed by atoms with Crippen LogP contribution in [-0.2, 0) is 4.79 Å². The lowest BCUT2D eigenvalue weighted by Crippen LogP contribution is -2.22. The fraction of sp³-hybridized carbons (Fsp3) is 0.231. The summed E-state index contributed by atoms with van der Waals surface area (Å²) >= 11 is 2.77. The lowest BCUT2D eigenvalue weighted by Gasteiger charge is -2.10. The third-order valence-corrected chi connectivity index (χ3v) is 4.46. The first-order chi connectivity index (χ1) is 9.56. The molecule has 7 heteroatoms. The van der Waals surface area contributed by atoms with Crippen molar-refractivity contribution in [1.82, 2.24) is 10.2 Å². The number of nitrogens with zero attached hydrogens (tertiary/aromatic N) is 2. The number of hydrogen-bond acceptors (Lipinski definition) is 6. The molecule has 0 saturated carbocycles. The summed E-state index contributed by atoms with van der Waals surface area (Å²) in [6.07, 6.45) is 0. The molecule has 1 atom stereocenters. The molecular weight excluding hydrogens is 294 g/mol. The number of nitrogens with one attached hydrogen (secondary N) is 1. The second-order valence-electron chi connectivity index (χ2n) is 4.09. The zero-order valence-electron chi connectivity index (χ0n) is 11.0. The highest BCUT2D eigenvalue weighted by Crippen LogP contribution is 2.25. The summed E-state index contributed by atoms with van der Waals surface area (Å²) in [5.41, 5.74) is 2.93. The minimum absolute atomic E-state index is 0.00284. The molecule has 0 radical (unpaired) electrons. The summed E-state index contributed by atoms with van der Waals surface area (Å²) in [7, 11) is 0. The Morgan fingerprint density at radius 1 is 1.30 bits per heavy atom. The van der Waals surface area contributed by atoms with E-state index in [2.05, 4.69) is 15.5 Å². The van der Waals surface area contributed by atoms with Crippen LogP contribution in [0.2, 0.25) is 0 Å². The van der Waals surface area contributed by atoms with Crippen LogP contribution in [0.1, 0.15) is 24.2 Å². The molecule has 0 spiro atoms. The molecule has 0 saturated heterocycles. The lowest BCUT2D eigenvalue weighted by atomic mass is 10.1. The summed E-state index contributed by atoms with van der Waals surface area (Å²) in [6, 6.07) is 6.83. The molecule has 0 aliphatic rings. The number of hydrogen-bond donors (Lipinski definition) is 1. The molecule has 1 unspecified atom stereocenters. The predicted octanol–water partition coefficient (Wildman–Crippen LogP) is 2.86. The molecule has 20 heavy (non-hydrogen) atoms. The zero-order valence-corrected chi connectivity index (χ0v) is 12.6. The first-order valence-corrected chi connectivity index (χ1v) is 7.67. The van der Waals surface area contributed by atoms with E-state index < -0.39 is 0 Å². The molecule has 1 aromatic carbocycles. The fourth-order valence-corrected chi connectivity index (χ4v) is 3.08. The van der Waals surface area contributed by atoms with E-state index in [1.807, 2.05) is 6.92 Å². The molecule has 0 fully saturated rings. The standard InChI is InChI=1S/C13H13N3O2S2/c1-8(17)10-3-5-11(6-4-10)15-12(18)9(2)20-13-16-14-7-19-13/h3-7,9H,1-2H3,(H,15,18). The minimum Gasteiger partial charge on any atom is -0.325 e. The van der Waals surface area contributed by atoms with Gasteiger partial charge in [0.25, 0.3) is 0 Å². The number of benzene rings is 1. The van der Waals surface area contributed by atoms with E-state index in [0.717, 1.165) is 4.34 Å². The van der Waals surface area contributed by atoms with E-state index in [9.17, 15) is 9.59 Å². The summed E-state index contributed by atoms with van der Waals surface area (Å²) in [4.78, 5) is 23.2. The third kappa shape index (κ3) is 3.88. The largest absolute Gasteiger partial charge is 0.325 e. The van der Waals surface area contributed by atoms with E-state index in [-0.39, 0.29) is 16.9 Å². The average molecular weight is 307 g/mol. The molecular formula is C13H13N3O2S2. The molecule has 2 rings (SSSR count). The molecule has 0 aliphatic carbocycles. The number of Topliss-reactive ketones (excluding diaryl/α,β-unsaturated/α-hetero) is 1. The van der Waals surface area contributed by atoms with Crippen molar-refractivity contribution in [3.05, 3.63) is 35.3 Å². The summed E-state index contributed by atoms with van der Waals surface area (Å²) in [5.74, 6) is -0.108. The van der Waals surface area contributed by atoms with Crippen molar-refractivity contribution in [2.45, 2.75) is 23.4 Å². The molecule has 0 aliphatic heterocycles. The molecule has 1 amide bonds. The van der Waals surface area contributed by atoms with Crippen molar-refractivity contribution >= 4 is 40.5 Å². The number of rotatable bonds is 5. The van der Waals surface area contributed by atoms with Gasteiger partial charge in [0.2, 0.25) is 5.91 Å². The second-order valence-corrected chi connectivity index (χ2v) is 6.51. The van der Waals surface area contributed by atoms with Gasteiger partial charge in [-0.1, -0.05) is 23.1 Å². The smallest absolute Gasteiger partial charge is 0.237 e. The topological polar surface area (TPSA) is 72.0 Å². The fourth-order valence-electron chi connectivity index (χ4n) is 1.45. The highest BCUT2D eigenvalue weighted by atomic mass is 32.2. The van der Waals surface area contributed by atoms with Crippen LogP contribution in [0.25, 0.3) is 0 Å². The van der Waals surface area contributed by atoms with E-state index in [1.165, 1.54) is 30.0 Å². The van der Waals surface area contributed by atoms with Crippen LogP contribution in [0.4, 0.5) is 5.69 Å². The average Bonchev–Trinajstić information content (AvgIpc) is 2.92. The molecule has 5 nitrogen and oxygen atoms in total. The second kappa shape index (κ2) is 6.62. The van der Waals surface area contributed by atoms with E-state index in [1.54, 1.807) is 29.8 Å². The highest BCUT2D eigenvalue weighted by Gasteiger charge is 2.16. The quantitative estimate of drug-likeness (QED) is 0.679. The zero-order chi connectivity index (χ0) is 14.5. The molecule has 1 heterocycles. The molecule has 104 valence electrons. The van der Waals surface area contributed by atoms with Gasteiger partial charge >= 0.3 is 0 Å². The van der Waals surface area contributed by atoms with Crippen LogP contribution < -0.4 is 5.32 Å². The van der Waals surface area contributed by atoms with Gasteiger partial charge in [-0.05, 0) is 38.1 Å². The highest BCUT2D eigenvalue weighted by molar-refractivity contribution is 8.02. The van der Waals surface area contributed by atoms with Crippen molar-refractivity contribution in [2.24, 2.45) is 0 Å². The van der Waals surface area contributed by atoms with Crippen LogP contribution in [0.3, 0.4) is 0 Å². The monoisotopic (exact) mass is 307 g/mol. The Labute approximate surface area is 124 Å². The third-order valence-electron chi connectivity index (χ3n) is 2.55. The van der Waals surface area contributed by atoms with Gasteiger partial charge in [0.15, 0.2) is 10.1 Å². The van der Waals surface area contributed by atoms with E-state index in [4.69, 9.17) is 0 Å². The maximum atomic E-state index is 12.0. The van der Waals surface area contributed by atoms with Gasteiger partial charge in [0, 0.05) is 11.3 Å². The predicted molar refractivity (Wildman–Crippen MR) is 80.3 cm³/mol. The Bertz CT molecular complexity index is 597. The minimum atomic E-state index is -0.268. The van der Waals surface area contributed by atoms with Crippen LogP contribution in [-0.4, -0.2) is 27.1 Å². The Morgan fingerprint density at radius 2 is 2.00 bits per heavy atom. The van der Waals surface area contributed by atoms with Gasteiger partial charge in [-0.15, -0.1) is 10.2 Å². The van der Waals surface area contributed by atoms with E-state index in [0.29, 0.717) is 11.3 Å². The molecule has 2 aromatic rings. The number of carbonyl (C=O) groups excluding carboxylic acids is 2. The van der Waals surface area contributed by atoms with Gasteiger partial charge < -0.3 is 5.32 Å². The van der Waals surface area contributed by atoms with Crippen molar-refractivity contribution in [3.8, 4) is 0 Å². The first kappa shape index (κ1) is 14.7. The van der Waals surface area contributed by atoms with Crippen molar-refractivity contribution in [2.75, 3.05) is 5.32 Å². The number of ketones is 1. The Hall–Kier alpha value is -1.73. The number of aromatic nitrogens is 2. The number of amides is 1. The lowest BCUT2D eigenvalue weighted by molar-refractivity contribution is -0.115. The van der Waals surface area contributed by atoms with Gasteiger partial charge in [0.05, 0.1) is 5.25 Å². The summed E-state index contributed by atoms with van der Waals surface area (Å²) < 4.78 is 0.763. The maximum absolute atomic E-state index is 12.0. The number of anilines is 1. The van der Waals surface area contributed by atoms with Crippen molar-refractivity contribution in [3.63, 3.8) is 0 Å². The van der Waals surface area contributed by atoms with Gasteiger partial charge in [-0.3, -0.25) is 9.59 Å². The molecule has 1 aromatic heterocycles. The van der Waals surface area contributed by atoms with Crippen LogP contribution in [0.15, 0.2) is 34.1 Å². The Balaban J connectivity index is 1.95. The molecule has 1 N–H and O–H groups in total. The number of carbonyl (C=O) groups is 2. The first-order valence-electron chi connectivity index (χ1n) is 5.91.